The summed E-state index contributed by atoms with van der Waals surface area (Å²) < 4.78 is 1.40. The number of aromatic nitrogens is 2. The van der Waals surface area contributed by atoms with Crippen molar-refractivity contribution in [1.29, 1.82) is 0 Å². The predicted molar refractivity (Wildman–Crippen MR) is 107 cm³/mol. The van der Waals surface area contributed by atoms with Gasteiger partial charge in [-0.05, 0) is 17.7 Å². The van der Waals surface area contributed by atoms with E-state index in [2.05, 4.69) is 10.4 Å². The van der Waals surface area contributed by atoms with Crippen LogP contribution in [0, 0.1) is 0 Å². The zero-order chi connectivity index (χ0) is 19.0. The van der Waals surface area contributed by atoms with Crippen molar-refractivity contribution in [2.45, 2.75) is 6.42 Å². The van der Waals surface area contributed by atoms with Crippen LogP contribution in [0.25, 0.3) is 22.5 Å². The Labute approximate surface area is 165 Å². The minimum Gasteiger partial charge on any atom is -0.325 e. The van der Waals surface area contributed by atoms with Crippen molar-refractivity contribution < 1.29 is 9.59 Å². The minimum absolute atomic E-state index is 0.103. The first-order valence-corrected chi connectivity index (χ1v) is 9.45. The molecule has 0 unspecified atom stereocenters. The van der Waals surface area contributed by atoms with E-state index in [4.69, 9.17) is 23.2 Å². The quantitative estimate of drug-likeness (QED) is 0.523. The van der Waals surface area contributed by atoms with E-state index in [-0.39, 0.29) is 23.6 Å². The average Bonchev–Trinajstić information content (AvgIpc) is 3.24. The molecule has 0 spiro atoms. The van der Waals surface area contributed by atoms with E-state index < -0.39 is 0 Å². The van der Waals surface area contributed by atoms with Crippen LogP contribution < -0.4 is 5.32 Å². The molecule has 1 aliphatic carbocycles. The third-order valence-corrected chi connectivity index (χ3v) is 4.99. The largest absolute Gasteiger partial charge is 0.325 e. The Morgan fingerprint density at radius 1 is 1.07 bits per heavy atom. The first-order chi connectivity index (χ1) is 13.1. The Kier molecular flexibility index (Phi) is 4.72. The van der Waals surface area contributed by atoms with Crippen LogP contribution in [0.15, 0.2) is 48.5 Å². The second-order valence-corrected chi connectivity index (χ2v) is 6.75. The molecule has 1 heterocycles. The summed E-state index contributed by atoms with van der Waals surface area (Å²) in [6.45, 7) is 0. The molecule has 2 aromatic carbocycles. The predicted octanol–water partition coefficient (Wildman–Crippen LogP) is 4.18. The van der Waals surface area contributed by atoms with Gasteiger partial charge in [0.2, 0.25) is 5.91 Å². The van der Waals surface area contributed by atoms with Crippen LogP contribution in [0.3, 0.4) is 0 Å². The SMILES string of the molecule is O=C(CCl)Nc1ccc2c(c1)Cc1c(-c3ccccc3)nn(C(=O)CCl)c1-2. The molecule has 27 heavy (non-hydrogen) atoms. The van der Waals surface area contributed by atoms with Crippen LogP contribution in [0.1, 0.15) is 15.9 Å². The van der Waals surface area contributed by atoms with Gasteiger partial charge in [-0.3, -0.25) is 9.59 Å². The average molecular weight is 400 g/mol. The Hall–Kier alpha value is -2.63. The van der Waals surface area contributed by atoms with E-state index in [0.29, 0.717) is 12.1 Å². The van der Waals surface area contributed by atoms with Crippen LogP contribution in [0.5, 0.6) is 0 Å². The fraction of sp³-hybridized carbons (Fsp3) is 0.150. The summed E-state index contributed by atoms with van der Waals surface area (Å²) >= 11 is 11.4. The minimum atomic E-state index is -0.275. The van der Waals surface area contributed by atoms with Gasteiger partial charge in [-0.25, -0.2) is 0 Å². The number of carbonyl (C=O) groups excluding carboxylic acids is 2. The van der Waals surface area contributed by atoms with Crippen molar-refractivity contribution in [3.63, 3.8) is 0 Å². The number of alkyl halides is 2. The third-order valence-electron chi connectivity index (χ3n) is 4.51. The van der Waals surface area contributed by atoms with E-state index in [1.54, 1.807) is 6.07 Å². The number of carbonyl (C=O) groups is 2. The second-order valence-electron chi connectivity index (χ2n) is 6.21. The Balaban J connectivity index is 1.83. The number of hydrogen-bond acceptors (Lipinski definition) is 3. The Bertz CT molecular complexity index is 1040. The molecular formula is C20H15Cl2N3O2. The highest BCUT2D eigenvalue weighted by Crippen LogP contribution is 2.42. The lowest BCUT2D eigenvalue weighted by Crippen LogP contribution is -2.15. The third kappa shape index (κ3) is 3.13. The van der Waals surface area contributed by atoms with Gasteiger partial charge in [0.05, 0.1) is 11.4 Å². The molecule has 0 saturated carbocycles. The van der Waals surface area contributed by atoms with Gasteiger partial charge in [0.25, 0.3) is 5.91 Å². The maximum Gasteiger partial charge on any atom is 0.262 e. The monoisotopic (exact) mass is 399 g/mol. The van der Waals surface area contributed by atoms with Crippen LogP contribution in [-0.2, 0) is 11.2 Å². The zero-order valence-electron chi connectivity index (χ0n) is 14.2. The molecule has 0 aliphatic heterocycles. The number of amides is 1. The molecule has 136 valence electrons. The molecule has 0 saturated heterocycles. The van der Waals surface area contributed by atoms with Crippen molar-refractivity contribution in [3.05, 3.63) is 59.7 Å². The van der Waals surface area contributed by atoms with Crippen LogP contribution in [0.2, 0.25) is 0 Å². The number of fused-ring (bicyclic) bond motifs is 3. The van der Waals surface area contributed by atoms with E-state index in [1.807, 2.05) is 42.5 Å². The maximum atomic E-state index is 12.4. The number of nitrogens with one attached hydrogen (secondary N) is 1. The summed E-state index contributed by atoms with van der Waals surface area (Å²) in [5.41, 5.74) is 6.07. The molecule has 1 N–H and O–H groups in total. The van der Waals surface area contributed by atoms with E-state index in [9.17, 15) is 9.59 Å². The first kappa shape index (κ1) is 17.8. The van der Waals surface area contributed by atoms with Gasteiger partial charge in [0, 0.05) is 28.8 Å². The van der Waals surface area contributed by atoms with Crippen molar-refractivity contribution in [3.8, 4) is 22.5 Å². The van der Waals surface area contributed by atoms with Gasteiger partial charge in [-0.1, -0.05) is 36.4 Å². The lowest BCUT2D eigenvalue weighted by Gasteiger charge is -2.08. The standard InChI is InChI=1S/C20H15Cl2N3O2/c21-10-17(26)23-14-6-7-15-13(8-14)9-16-19(12-4-2-1-3-5-12)24-25(20(15)16)18(27)11-22/h1-8H,9-11H2,(H,23,26). The lowest BCUT2D eigenvalue weighted by molar-refractivity contribution is -0.113. The molecule has 4 rings (SSSR count). The van der Waals surface area contributed by atoms with Crippen LogP contribution in [-0.4, -0.2) is 33.4 Å². The molecule has 0 radical (unpaired) electrons. The maximum absolute atomic E-state index is 12.4. The van der Waals surface area contributed by atoms with Gasteiger partial charge < -0.3 is 5.32 Å². The Morgan fingerprint density at radius 2 is 1.85 bits per heavy atom. The molecule has 5 nitrogen and oxygen atoms in total. The fourth-order valence-electron chi connectivity index (χ4n) is 3.39. The van der Waals surface area contributed by atoms with Gasteiger partial charge in [0.1, 0.15) is 11.8 Å². The second kappa shape index (κ2) is 7.18. The zero-order valence-corrected chi connectivity index (χ0v) is 15.7. The number of halogens is 2. The lowest BCUT2D eigenvalue weighted by atomic mass is 10.1. The molecule has 0 bridgehead atoms. The fourth-order valence-corrected chi connectivity index (χ4v) is 3.57. The van der Waals surface area contributed by atoms with Crippen molar-refractivity contribution >= 4 is 40.7 Å². The topological polar surface area (TPSA) is 64.0 Å². The van der Waals surface area contributed by atoms with Gasteiger partial charge in [-0.2, -0.15) is 9.78 Å². The number of anilines is 1. The van der Waals surface area contributed by atoms with Crippen LogP contribution in [0.4, 0.5) is 5.69 Å². The molecule has 0 atom stereocenters. The summed E-state index contributed by atoms with van der Waals surface area (Å²) in [7, 11) is 0. The van der Waals surface area contributed by atoms with Crippen molar-refractivity contribution in [2.24, 2.45) is 0 Å². The number of benzene rings is 2. The molecule has 3 aromatic rings. The van der Waals surface area contributed by atoms with Gasteiger partial charge >= 0.3 is 0 Å². The highest BCUT2D eigenvalue weighted by atomic mass is 35.5. The number of nitrogens with zero attached hydrogens (tertiary/aromatic N) is 2. The smallest absolute Gasteiger partial charge is 0.262 e. The van der Waals surface area contributed by atoms with E-state index in [1.165, 1.54) is 4.68 Å². The normalized spacial score (nSPS) is 11.8. The number of rotatable bonds is 4. The van der Waals surface area contributed by atoms with Crippen molar-refractivity contribution in [2.75, 3.05) is 17.1 Å². The Morgan fingerprint density at radius 3 is 2.56 bits per heavy atom. The molecular weight excluding hydrogens is 385 g/mol. The van der Waals surface area contributed by atoms with Gasteiger partial charge in [-0.15, -0.1) is 23.2 Å². The summed E-state index contributed by atoms with van der Waals surface area (Å²) in [4.78, 5) is 23.9. The summed E-state index contributed by atoms with van der Waals surface area (Å²) in [5, 5.41) is 7.31. The van der Waals surface area contributed by atoms with Crippen molar-refractivity contribution in [1.82, 2.24) is 9.78 Å². The molecule has 7 heteroatoms. The molecule has 1 amide bonds. The first-order valence-electron chi connectivity index (χ1n) is 8.38. The highest BCUT2D eigenvalue weighted by molar-refractivity contribution is 6.29. The summed E-state index contributed by atoms with van der Waals surface area (Å²) in [5.74, 6) is -0.793. The summed E-state index contributed by atoms with van der Waals surface area (Å²) in [6.07, 6.45) is 0.620. The van der Waals surface area contributed by atoms with Crippen LogP contribution >= 0.6 is 23.2 Å². The van der Waals surface area contributed by atoms with Gasteiger partial charge in [0.15, 0.2) is 0 Å². The highest BCUT2D eigenvalue weighted by Gasteiger charge is 2.30. The molecule has 1 aromatic heterocycles. The molecule has 1 aliphatic rings. The molecule has 0 fully saturated rings. The summed E-state index contributed by atoms with van der Waals surface area (Å²) in [6, 6.07) is 15.3. The van der Waals surface area contributed by atoms with E-state index in [0.717, 1.165) is 33.6 Å². The number of hydrogen-bond donors (Lipinski definition) is 1. The van der Waals surface area contributed by atoms with E-state index >= 15 is 0 Å².